The Balaban J connectivity index is 2.46. The van der Waals surface area contributed by atoms with E-state index in [-0.39, 0.29) is 5.69 Å². The maximum Gasteiger partial charge on any atom is 0.330 e. The van der Waals surface area contributed by atoms with Crippen LogP contribution in [-0.4, -0.2) is 18.0 Å². The predicted molar refractivity (Wildman–Crippen MR) is 66.0 cm³/mol. The summed E-state index contributed by atoms with van der Waals surface area (Å²) >= 11 is 0. The Morgan fingerprint density at radius 2 is 2.22 bits per heavy atom. The highest BCUT2D eigenvalue weighted by molar-refractivity contribution is 5.92. The lowest BCUT2D eigenvalue weighted by Crippen LogP contribution is -2.05. The van der Waals surface area contributed by atoms with Crippen LogP contribution in [0.15, 0.2) is 24.3 Å². The number of allylic oxidation sites excluding steroid dienone is 1. The first-order valence-corrected chi connectivity index (χ1v) is 5.68. The van der Waals surface area contributed by atoms with E-state index in [1.807, 2.05) is 0 Å². The van der Waals surface area contributed by atoms with Crippen molar-refractivity contribution < 1.29 is 14.5 Å². The Hall–Kier alpha value is -2.17. The first kappa shape index (κ1) is 12.3. The molecule has 0 radical (unpaired) electrons. The fraction of sp³-hybridized carbons (Fsp3) is 0.308. The van der Waals surface area contributed by atoms with Crippen molar-refractivity contribution in [2.24, 2.45) is 0 Å². The molecule has 0 fully saturated rings. The third kappa shape index (κ3) is 2.40. The molecule has 1 aliphatic rings. The van der Waals surface area contributed by atoms with Crippen molar-refractivity contribution >= 4 is 17.2 Å². The average Bonchev–Trinajstić information content (AvgIpc) is 2.38. The number of carbonyl (C=O) groups excluding carboxylic acids is 1. The van der Waals surface area contributed by atoms with E-state index in [2.05, 4.69) is 4.74 Å². The summed E-state index contributed by atoms with van der Waals surface area (Å²) in [7, 11) is 1.32. The number of rotatable bonds is 2. The van der Waals surface area contributed by atoms with Crippen LogP contribution >= 0.6 is 0 Å². The lowest BCUT2D eigenvalue weighted by atomic mass is 9.87. The molecule has 0 spiro atoms. The summed E-state index contributed by atoms with van der Waals surface area (Å²) in [6.45, 7) is 0. The second-order valence-electron chi connectivity index (χ2n) is 4.14. The summed E-state index contributed by atoms with van der Waals surface area (Å²) in [4.78, 5) is 21.6. The van der Waals surface area contributed by atoms with Crippen molar-refractivity contribution in [3.05, 3.63) is 45.5 Å². The van der Waals surface area contributed by atoms with Gasteiger partial charge in [-0.05, 0) is 36.0 Å². The zero-order valence-corrected chi connectivity index (χ0v) is 10.0. The first-order valence-electron chi connectivity index (χ1n) is 5.68. The standard InChI is InChI=1S/C13H13NO4/c1-18-13(15)7-10-4-2-3-9-5-6-11(14(16)17)8-12(9)10/h5-8H,2-4H2,1H3/b10-7+. The van der Waals surface area contributed by atoms with Gasteiger partial charge >= 0.3 is 5.97 Å². The molecule has 18 heavy (non-hydrogen) atoms. The van der Waals surface area contributed by atoms with Gasteiger partial charge in [-0.25, -0.2) is 4.79 Å². The van der Waals surface area contributed by atoms with E-state index in [1.54, 1.807) is 6.07 Å². The molecule has 0 amide bonds. The van der Waals surface area contributed by atoms with Gasteiger partial charge in [0.25, 0.3) is 5.69 Å². The van der Waals surface area contributed by atoms with Crippen LogP contribution in [-0.2, 0) is 16.0 Å². The predicted octanol–water partition coefficient (Wildman–Crippen LogP) is 2.49. The molecule has 2 rings (SSSR count). The van der Waals surface area contributed by atoms with Crippen molar-refractivity contribution in [1.29, 1.82) is 0 Å². The second-order valence-corrected chi connectivity index (χ2v) is 4.14. The number of hydrogen-bond donors (Lipinski definition) is 0. The van der Waals surface area contributed by atoms with Gasteiger partial charge in [0.2, 0.25) is 0 Å². The SMILES string of the molecule is COC(=O)/C=C1\CCCc2ccc([N+](=O)[O-])cc21. The van der Waals surface area contributed by atoms with Gasteiger partial charge < -0.3 is 4.74 Å². The van der Waals surface area contributed by atoms with Gasteiger partial charge in [-0.1, -0.05) is 6.07 Å². The molecular weight excluding hydrogens is 234 g/mol. The molecule has 0 aromatic heterocycles. The van der Waals surface area contributed by atoms with Crippen molar-refractivity contribution in [1.82, 2.24) is 0 Å². The molecule has 0 unspecified atom stereocenters. The maximum absolute atomic E-state index is 11.3. The fourth-order valence-corrected chi connectivity index (χ4v) is 2.15. The molecule has 0 bridgehead atoms. The first-order chi connectivity index (χ1) is 8.61. The van der Waals surface area contributed by atoms with Gasteiger partial charge in [0.15, 0.2) is 0 Å². The van der Waals surface area contributed by atoms with Crippen molar-refractivity contribution in [2.45, 2.75) is 19.3 Å². The molecule has 94 valence electrons. The Labute approximate surface area is 104 Å². The number of esters is 1. The molecule has 0 atom stereocenters. The zero-order chi connectivity index (χ0) is 13.1. The Morgan fingerprint density at radius 1 is 1.44 bits per heavy atom. The van der Waals surface area contributed by atoms with Crippen LogP contribution in [0.1, 0.15) is 24.0 Å². The number of nitrogens with zero attached hydrogens (tertiary/aromatic N) is 1. The zero-order valence-electron chi connectivity index (χ0n) is 10.0. The van der Waals surface area contributed by atoms with E-state index in [0.29, 0.717) is 0 Å². The fourth-order valence-electron chi connectivity index (χ4n) is 2.15. The number of carbonyl (C=O) groups is 1. The Bertz CT molecular complexity index is 534. The largest absolute Gasteiger partial charge is 0.466 e. The molecular formula is C13H13NO4. The quantitative estimate of drug-likeness (QED) is 0.348. The highest BCUT2D eigenvalue weighted by atomic mass is 16.6. The number of hydrogen-bond acceptors (Lipinski definition) is 4. The third-order valence-corrected chi connectivity index (χ3v) is 3.04. The summed E-state index contributed by atoms with van der Waals surface area (Å²) in [6.07, 6.45) is 3.98. The maximum atomic E-state index is 11.3. The molecule has 1 aromatic carbocycles. The molecule has 5 nitrogen and oxygen atoms in total. The summed E-state index contributed by atoms with van der Waals surface area (Å²) in [5, 5.41) is 10.8. The number of aryl methyl sites for hydroxylation is 1. The topological polar surface area (TPSA) is 69.4 Å². The van der Waals surface area contributed by atoms with Crippen molar-refractivity contribution in [3.63, 3.8) is 0 Å². The Morgan fingerprint density at radius 3 is 2.89 bits per heavy atom. The van der Waals surface area contributed by atoms with Crippen LogP contribution in [0.2, 0.25) is 0 Å². The number of non-ortho nitro benzene ring substituents is 1. The van der Waals surface area contributed by atoms with Gasteiger partial charge in [-0.3, -0.25) is 10.1 Å². The third-order valence-electron chi connectivity index (χ3n) is 3.04. The Kier molecular flexibility index (Phi) is 3.41. The lowest BCUT2D eigenvalue weighted by Gasteiger charge is -2.18. The number of nitro groups is 1. The molecule has 0 saturated carbocycles. The van der Waals surface area contributed by atoms with E-state index in [1.165, 1.54) is 25.3 Å². The molecule has 0 aliphatic heterocycles. The van der Waals surface area contributed by atoms with Crippen molar-refractivity contribution in [2.75, 3.05) is 7.11 Å². The van der Waals surface area contributed by atoms with Crippen LogP contribution in [0, 0.1) is 10.1 Å². The van der Waals surface area contributed by atoms with Crippen LogP contribution in [0.25, 0.3) is 5.57 Å². The van der Waals surface area contributed by atoms with Crippen molar-refractivity contribution in [3.8, 4) is 0 Å². The summed E-state index contributed by atoms with van der Waals surface area (Å²) in [6, 6.07) is 4.79. The van der Waals surface area contributed by atoms with Crippen LogP contribution in [0.4, 0.5) is 5.69 Å². The van der Waals surface area contributed by atoms with Crippen LogP contribution in [0.3, 0.4) is 0 Å². The van der Waals surface area contributed by atoms with Gasteiger partial charge in [0.05, 0.1) is 12.0 Å². The molecule has 1 aromatic rings. The van der Waals surface area contributed by atoms with E-state index >= 15 is 0 Å². The molecule has 0 saturated heterocycles. The lowest BCUT2D eigenvalue weighted by molar-refractivity contribution is -0.384. The molecule has 1 aliphatic carbocycles. The van der Waals surface area contributed by atoms with Gasteiger partial charge in [-0.15, -0.1) is 0 Å². The average molecular weight is 247 g/mol. The highest BCUT2D eigenvalue weighted by Crippen LogP contribution is 2.33. The van der Waals surface area contributed by atoms with E-state index in [4.69, 9.17) is 0 Å². The number of benzene rings is 1. The number of ether oxygens (including phenoxy) is 1. The van der Waals surface area contributed by atoms with Crippen LogP contribution < -0.4 is 0 Å². The normalized spacial score (nSPS) is 16.2. The second kappa shape index (κ2) is 5.00. The van der Waals surface area contributed by atoms with E-state index < -0.39 is 10.9 Å². The molecule has 0 heterocycles. The number of fused-ring (bicyclic) bond motifs is 1. The monoisotopic (exact) mass is 247 g/mol. The highest BCUT2D eigenvalue weighted by Gasteiger charge is 2.18. The smallest absolute Gasteiger partial charge is 0.330 e. The van der Waals surface area contributed by atoms with Gasteiger partial charge in [0.1, 0.15) is 0 Å². The van der Waals surface area contributed by atoms with E-state index in [9.17, 15) is 14.9 Å². The number of methoxy groups -OCH3 is 1. The summed E-state index contributed by atoms with van der Waals surface area (Å²) in [5.74, 6) is -0.427. The summed E-state index contributed by atoms with van der Waals surface area (Å²) < 4.78 is 4.60. The van der Waals surface area contributed by atoms with Gasteiger partial charge in [0, 0.05) is 18.2 Å². The summed E-state index contributed by atoms with van der Waals surface area (Å²) in [5.41, 5.74) is 2.70. The minimum atomic E-state index is -0.427. The number of nitro benzene ring substituents is 1. The van der Waals surface area contributed by atoms with Crippen LogP contribution in [0.5, 0.6) is 0 Å². The van der Waals surface area contributed by atoms with E-state index in [0.717, 1.165) is 36.0 Å². The molecule has 5 heteroatoms. The minimum Gasteiger partial charge on any atom is -0.466 e. The molecule has 0 N–H and O–H groups in total. The minimum absolute atomic E-state index is 0.0476. The van der Waals surface area contributed by atoms with Gasteiger partial charge in [-0.2, -0.15) is 0 Å².